The van der Waals surface area contributed by atoms with E-state index in [9.17, 15) is 4.39 Å². The van der Waals surface area contributed by atoms with Crippen LogP contribution in [0.4, 0.5) is 10.2 Å². The topological polar surface area (TPSA) is 25.4 Å². The van der Waals surface area contributed by atoms with Crippen LogP contribution < -0.4 is 4.90 Å². The Morgan fingerprint density at radius 2 is 2.39 bits per heavy atom. The van der Waals surface area contributed by atoms with Gasteiger partial charge in [0.15, 0.2) is 11.6 Å². The summed E-state index contributed by atoms with van der Waals surface area (Å²) in [5.41, 5.74) is 0. The van der Waals surface area contributed by atoms with Crippen molar-refractivity contribution in [2.24, 2.45) is 0 Å². The molecule has 0 aromatic carbocycles. The van der Waals surface area contributed by atoms with Gasteiger partial charge >= 0.3 is 0 Å². The van der Waals surface area contributed by atoms with Gasteiger partial charge in [-0.05, 0) is 32.3 Å². The Bertz CT molecular complexity index is 397. The molecule has 18 heavy (non-hydrogen) atoms. The van der Waals surface area contributed by atoms with Gasteiger partial charge in [0, 0.05) is 25.9 Å². The van der Waals surface area contributed by atoms with Gasteiger partial charge in [-0.2, -0.15) is 0 Å². The van der Waals surface area contributed by atoms with E-state index >= 15 is 0 Å². The number of anilines is 1. The molecule has 100 valence electrons. The molecule has 0 aliphatic carbocycles. The minimum Gasteiger partial charge on any atom is -0.376 e. The molecule has 1 aromatic heterocycles. The second-order valence-electron chi connectivity index (χ2n) is 4.49. The number of hydrogen-bond acceptors (Lipinski definition) is 3. The van der Waals surface area contributed by atoms with Crippen LogP contribution in [0.15, 0.2) is 12.3 Å². The summed E-state index contributed by atoms with van der Waals surface area (Å²) in [5.74, 6) is -0.0174. The van der Waals surface area contributed by atoms with E-state index in [0.29, 0.717) is 23.9 Å². The van der Waals surface area contributed by atoms with Gasteiger partial charge in [0.05, 0.1) is 11.1 Å². The Morgan fingerprint density at radius 1 is 1.56 bits per heavy atom. The predicted molar refractivity (Wildman–Crippen MR) is 70.7 cm³/mol. The van der Waals surface area contributed by atoms with Crippen molar-refractivity contribution in [2.75, 3.05) is 24.6 Å². The first-order valence-corrected chi connectivity index (χ1v) is 6.76. The van der Waals surface area contributed by atoms with Gasteiger partial charge in [-0.25, -0.2) is 9.37 Å². The lowest BCUT2D eigenvalue weighted by Crippen LogP contribution is -2.36. The second kappa shape index (κ2) is 6.34. The lowest BCUT2D eigenvalue weighted by Gasteiger charge is -2.30. The van der Waals surface area contributed by atoms with Gasteiger partial charge in [0.25, 0.3) is 0 Å². The number of pyridine rings is 1. The predicted octanol–water partition coefficient (Wildman–Crippen LogP) is 3.27. The van der Waals surface area contributed by atoms with Crippen molar-refractivity contribution < 1.29 is 9.13 Å². The van der Waals surface area contributed by atoms with Crippen LogP contribution in [0, 0.1) is 5.82 Å². The van der Waals surface area contributed by atoms with Crippen molar-refractivity contribution in [3.05, 3.63) is 23.1 Å². The highest BCUT2D eigenvalue weighted by atomic mass is 35.5. The molecule has 5 heteroatoms. The zero-order valence-electron chi connectivity index (χ0n) is 10.5. The van der Waals surface area contributed by atoms with Crippen LogP contribution in [0.25, 0.3) is 0 Å². The summed E-state index contributed by atoms with van der Waals surface area (Å²) in [6.07, 6.45) is 4.99. The zero-order valence-corrected chi connectivity index (χ0v) is 11.3. The number of nitrogens with zero attached hydrogens (tertiary/aromatic N) is 2. The van der Waals surface area contributed by atoms with Crippen LogP contribution in [0.2, 0.25) is 5.02 Å². The van der Waals surface area contributed by atoms with Crippen LogP contribution in [-0.4, -0.2) is 30.8 Å². The van der Waals surface area contributed by atoms with Crippen LogP contribution in [0.5, 0.6) is 0 Å². The molecule has 1 atom stereocenters. The molecule has 1 aliphatic heterocycles. The summed E-state index contributed by atoms with van der Waals surface area (Å²) in [6, 6.07) is 1.30. The van der Waals surface area contributed by atoms with Crippen molar-refractivity contribution in [1.29, 1.82) is 0 Å². The van der Waals surface area contributed by atoms with Crippen LogP contribution in [-0.2, 0) is 4.74 Å². The van der Waals surface area contributed by atoms with E-state index in [1.807, 2.05) is 11.8 Å². The molecule has 0 spiro atoms. The zero-order chi connectivity index (χ0) is 13.0. The molecule has 1 aromatic rings. The molecular formula is C13H18ClFN2O. The summed E-state index contributed by atoms with van der Waals surface area (Å²) in [4.78, 5) is 5.98. The maximum absolute atomic E-state index is 13.8. The number of hydrogen-bond donors (Lipinski definition) is 0. The summed E-state index contributed by atoms with van der Waals surface area (Å²) in [7, 11) is 0. The fourth-order valence-corrected chi connectivity index (χ4v) is 2.35. The molecule has 2 heterocycles. The van der Waals surface area contributed by atoms with Gasteiger partial charge in [0.2, 0.25) is 0 Å². The summed E-state index contributed by atoms with van der Waals surface area (Å²) >= 11 is 5.71. The highest BCUT2D eigenvalue weighted by Gasteiger charge is 2.20. The molecule has 1 fully saturated rings. The number of likely N-dealkylation sites (N-methyl/N-ethyl adjacent to an activating group) is 1. The summed E-state index contributed by atoms with van der Waals surface area (Å²) in [5, 5.41) is 0.321. The molecule has 2 rings (SSSR count). The fraction of sp³-hybridized carbons (Fsp3) is 0.615. The average Bonchev–Trinajstić information content (AvgIpc) is 2.38. The van der Waals surface area contributed by atoms with Crippen LogP contribution >= 0.6 is 11.6 Å². The standard InChI is InChI=1S/C13H18ClFN2O/c1-2-17(9-11-5-3-4-6-18-11)13-12(15)7-10(14)8-16-13/h7-8,11H,2-6,9H2,1H3. The first kappa shape index (κ1) is 13.6. The second-order valence-corrected chi connectivity index (χ2v) is 4.92. The third-order valence-corrected chi connectivity index (χ3v) is 3.37. The van der Waals surface area contributed by atoms with Gasteiger partial charge in [0.1, 0.15) is 0 Å². The first-order chi connectivity index (χ1) is 8.70. The molecule has 1 saturated heterocycles. The number of ether oxygens (including phenoxy) is 1. The van der Waals surface area contributed by atoms with E-state index in [1.165, 1.54) is 18.7 Å². The third kappa shape index (κ3) is 3.33. The van der Waals surface area contributed by atoms with Gasteiger partial charge < -0.3 is 9.64 Å². The Morgan fingerprint density at radius 3 is 3.00 bits per heavy atom. The van der Waals surface area contributed by atoms with Crippen molar-refractivity contribution in [3.8, 4) is 0 Å². The Hall–Kier alpha value is -0.870. The lowest BCUT2D eigenvalue weighted by molar-refractivity contribution is 0.0209. The van der Waals surface area contributed by atoms with Crippen molar-refractivity contribution in [2.45, 2.75) is 32.3 Å². The van der Waals surface area contributed by atoms with E-state index in [2.05, 4.69) is 4.98 Å². The first-order valence-electron chi connectivity index (χ1n) is 6.38. The van der Waals surface area contributed by atoms with Crippen molar-refractivity contribution in [1.82, 2.24) is 4.98 Å². The molecule has 0 N–H and O–H groups in total. The van der Waals surface area contributed by atoms with Gasteiger partial charge in [-0.3, -0.25) is 0 Å². The highest BCUT2D eigenvalue weighted by molar-refractivity contribution is 6.30. The fourth-order valence-electron chi connectivity index (χ4n) is 2.20. The molecule has 0 radical (unpaired) electrons. The van der Waals surface area contributed by atoms with Gasteiger partial charge in [-0.15, -0.1) is 0 Å². The quantitative estimate of drug-likeness (QED) is 0.841. The third-order valence-electron chi connectivity index (χ3n) is 3.17. The smallest absolute Gasteiger partial charge is 0.167 e. The van der Waals surface area contributed by atoms with E-state index in [1.54, 1.807) is 0 Å². The van der Waals surface area contributed by atoms with Crippen LogP contribution in [0.3, 0.4) is 0 Å². The molecule has 3 nitrogen and oxygen atoms in total. The minimum atomic E-state index is -0.375. The molecule has 0 saturated carbocycles. The largest absolute Gasteiger partial charge is 0.376 e. The Kier molecular flexibility index (Phi) is 4.78. The van der Waals surface area contributed by atoms with E-state index in [4.69, 9.17) is 16.3 Å². The van der Waals surface area contributed by atoms with E-state index < -0.39 is 0 Å². The van der Waals surface area contributed by atoms with Crippen molar-refractivity contribution >= 4 is 17.4 Å². The number of aromatic nitrogens is 1. The minimum absolute atomic E-state index is 0.176. The van der Waals surface area contributed by atoms with E-state index in [-0.39, 0.29) is 11.9 Å². The van der Waals surface area contributed by atoms with Crippen LogP contribution in [0.1, 0.15) is 26.2 Å². The number of halogens is 2. The maximum atomic E-state index is 13.8. The molecule has 1 aliphatic rings. The monoisotopic (exact) mass is 272 g/mol. The van der Waals surface area contributed by atoms with Gasteiger partial charge in [-0.1, -0.05) is 11.6 Å². The Balaban J connectivity index is 2.07. The normalized spacial score (nSPS) is 19.8. The number of rotatable bonds is 4. The van der Waals surface area contributed by atoms with Crippen molar-refractivity contribution in [3.63, 3.8) is 0 Å². The molecular weight excluding hydrogens is 255 g/mol. The maximum Gasteiger partial charge on any atom is 0.167 e. The Labute approximate surface area is 112 Å². The highest BCUT2D eigenvalue weighted by Crippen LogP contribution is 2.22. The average molecular weight is 273 g/mol. The SMILES string of the molecule is CCN(CC1CCCCO1)c1ncc(Cl)cc1F. The molecule has 1 unspecified atom stereocenters. The molecule has 0 amide bonds. The summed E-state index contributed by atoms with van der Waals surface area (Å²) in [6.45, 7) is 4.17. The summed E-state index contributed by atoms with van der Waals surface area (Å²) < 4.78 is 19.5. The van der Waals surface area contributed by atoms with E-state index in [0.717, 1.165) is 19.4 Å². The molecule has 0 bridgehead atoms. The lowest BCUT2D eigenvalue weighted by atomic mass is 10.1.